The van der Waals surface area contributed by atoms with Crippen LogP contribution in [-0.2, 0) is 6.42 Å². The molecule has 2 unspecified atom stereocenters. The van der Waals surface area contributed by atoms with Gasteiger partial charge in [0, 0.05) is 48.4 Å². The van der Waals surface area contributed by atoms with E-state index in [-0.39, 0.29) is 11.8 Å². The molecule has 0 bridgehead atoms. The number of rotatable bonds is 5. The number of benzene rings is 5. The maximum absolute atomic E-state index is 6.80. The lowest BCUT2D eigenvalue weighted by molar-refractivity contribution is 0.532. The van der Waals surface area contributed by atoms with Crippen molar-refractivity contribution in [2.75, 3.05) is 0 Å². The van der Waals surface area contributed by atoms with Crippen molar-refractivity contribution in [1.29, 1.82) is 0 Å². The Morgan fingerprint density at radius 3 is 2.48 bits per heavy atom. The van der Waals surface area contributed by atoms with Gasteiger partial charge in [-0.1, -0.05) is 121 Å². The van der Waals surface area contributed by atoms with E-state index in [1.54, 1.807) is 0 Å². The summed E-state index contributed by atoms with van der Waals surface area (Å²) in [5.41, 5.74) is 9.04. The number of fused-ring (bicyclic) bond motifs is 7. The Morgan fingerprint density at radius 1 is 0.704 bits per heavy atom. The molecule has 260 valence electrons. The first-order valence-electron chi connectivity index (χ1n) is 19.2. The molecule has 0 saturated heterocycles. The molecule has 5 heteroatoms. The first kappa shape index (κ1) is 31.6. The fraction of sp³-hybridized carbons (Fsp3) is 0.163. The Labute approximate surface area is 317 Å². The zero-order valence-electron chi connectivity index (χ0n) is 29.8. The SMILES string of the molecule is C1=CCCC(c2nc(C3=CCCc4sc5ccccc5c43)nc(C3C=CCCC3c3ccc(-c4ccc5ccccc5c4)c4oc5ccccc5c34)n2)=C1. The van der Waals surface area contributed by atoms with Gasteiger partial charge in [0.25, 0.3) is 0 Å². The summed E-state index contributed by atoms with van der Waals surface area (Å²) >= 11 is 1.91. The van der Waals surface area contributed by atoms with E-state index in [0.29, 0.717) is 0 Å². The zero-order chi connectivity index (χ0) is 35.6. The van der Waals surface area contributed by atoms with E-state index in [1.165, 1.54) is 47.8 Å². The minimum absolute atomic E-state index is 0.0229. The molecule has 0 fully saturated rings. The van der Waals surface area contributed by atoms with Crippen LogP contribution >= 0.6 is 11.3 Å². The van der Waals surface area contributed by atoms with Crippen LogP contribution in [0.2, 0.25) is 0 Å². The molecule has 0 aliphatic heterocycles. The molecule has 0 spiro atoms. The van der Waals surface area contributed by atoms with Gasteiger partial charge in [-0.05, 0) is 90.1 Å². The van der Waals surface area contributed by atoms with Crippen molar-refractivity contribution in [2.24, 2.45) is 0 Å². The van der Waals surface area contributed by atoms with E-state index < -0.39 is 0 Å². The number of hydrogen-bond acceptors (Lipinski definition) is 5. The predicted octanol–water partition coefficient (Wildman–Crippen LogP) is 13.1. The van der Waals surface area contributed by atoms with Crippen molar-refractivity contribution in [3.63, 3.8) is 0 Å². The van der Waals surface area contributed by atoms with Gasteiger partial charge in [0.15, 0.2) is 11.6 Å². The molecule has 2 atom stereocenters. The maximum Gasteiger partial charge on any atom is 0.164 e. The number of furan rings is 1. The Kier molecular flexibility index (Phi) is 7.54. The summed E-state index contributed by atoms with van der Waals surface area (Å²) < 4.78 is 8.12. The third-order valence-corrected chi connectivity index (χ3v) is 12.8. The molecule has 4 nitrogen and oxygen atoms in total. The number of thiophene rings is 1. The molecule has 3 heterocycles. The maximum atomic E-state index is 6.80. The molecular weight excluding hydrogens is 679 g/mol. The van der Waals surface area contributed by atoms with Crippen molar-refractivity contribution in [3.8, 4) is 11.1 Å². The number of nitrogens with zero attached hydrogens (tertiary/aromatic N) is 3. The summed E-state index contributed by atoms with van der Waals surface area (Å²) in [7, 11) is 0. The zero-order valence-corrected chi connectivity index (χ0v) is 30.7. The molecule has 0 amide bonds. The normalized spacial score (nSPS) is 18.4. The quantitative estimate of drug-likeness (QED) is 0.167. The summed E-state index contributed by atoms with van der Waals surface area (Å²) in [4.78, 5) is 17.5. The molecule has 54 heavy (non-hydrogen) atoms. The first-order chi connectivity index (χ1) is 26.8. The Morgan fingerprint density at radius 2 is 1.56 bits per heavy atom. The molecule has 0 saturated carbocycles. The van der Waals surface area contributed by atoms with Crippen LogP contribution < -0.4 is 0 Å². The number of aryl methyl sites for hydroxylation is 1. The van der Waals surface area contributed by atoms with Crippen LogP contribution in [0.25, 0.3) is 65.1 Å². The van der Waals surface area contributed by atoms with Gasteiger partial charge in [-0.3, -0.25) is 0 Å². The van der Waals surface area contributed by atoms with E-state index in [1.807, 2.05) is 11.3 Å². The number of allylic oxidation sites excluding steroid dienone is 7. The first-order valence-corrected chi connectivity index (χ1v) is 20.0. The molecule has 3 aliphatic rings. The lowest BCUT2D eigenvalue weighted by atomic mass is 9.76. The molecular formula is C49H37N3OS. The van der Waals surface area contributed by atoms with Crippen molar-refractivity contribution in [1.82, 2.24) is 15.0 Å². The minimum atomic E-state index is -0.0229. The van der Waals surface area contributed by atoms with E-state index in [2.05, 4.69) is 140 Å². The van der Waals surface area contributed by atoms with Gasteiger partial charge in [0.1, 0.15) is 17.0 Å². The largest absolute Gasteiger partial charge is 0.455 e. The average molecular weight is 716 g/mol. The summed E-state index contributed by atoms with van der Waals surface area (Å²) in [5, 5.41) is 6.10. The van der Waals surface area contributed by atoms with Crippen molar-refractivity contribution in [3.05, 3.63) is 173 Å². The molecule has 3 aromatic heterocycles. The van der Waals surface area contributed by atoms with Gasteiger partial charge in [-0.2, -0.15) is 0 Å². The highest BCUT2D eigenvalue weighted by Crippen LogP contribution is 2.48. The fourth-order valence-corrected chi connectivity index (χ4v) is 10.2. The lowest BCUT2D eigenvalue weighted by Crippen LogP contribution is -2.19. The van der Waals surface area contributed by atoms with Crippen molar-refractivity contribution >= 4 is 65.3 Å². The highest BCUT2D eigenvalue weighted by atomic mass is 32.1. The standard InChI is InChI=1S/C49H37N3OS/c1-2-14-31(15-3-1)47-50-48(52-49(51-47)40-21-12-24-43-44(40)39-20-9-11-23-42(39)54-43)37-18-7-6-17-35(37)36-28-27-34(33-26-25-30-13-4-5-16-32(30)29-33)46-45(36)38-19-8-10-22-41(38)53-46/h1-2,4-5,7-11,13-14,16,18-23,25-29,35,37H,3,6,12,15,17,24H2. The van der Waals surface area contributed by atoms with Crippen LogP contribution in [0.4, 0.5) is 0 Å². The van der Waals surface area contributed by atoms with Crippen LogP contribution in [0.5, 0.6) is 0 Å². The van der Waals surface area contributed by atoms with Gasteiger partial charge < -0.3 is 4.42 Å². The molecule has 5 aromatic carbocycles. The molecule has 11 rings (SSSR count). The Bertz CT molecular complexity index is 2920. The fourth-order valence-electron chi connectivity index (χ4n) is 9.01. The summed E-state index contributed by atoms with van der Waals surface area (Å²) in [5.74, 6) is 2.57. The van der Waals surface area contributed by atoms with Gasteiger partial charge >= 0.3 is 0 Å². The highest BCUT2D eigenvalue weighted by molar-refractivity contribution is 7.19. The summed E-state index contributed by atoms with van der Waals surface area (Å²) in [6, 6.07) is 37.2. The van der Waals surface area contributed by atoms with Crippen LogP contribution in [0.3, 0.4) is 0 Å². The second kappa shape index (κ2) is 12.9. The molecule has 8 aromatic rings. The van der Waals surface area contributed by atoms with E-state index in [4.69, 9.17) is 19.4 Å². The molecule has 0 radical (unpaired) electrons. The average Bonchev–Trinajstić information content (AvgIpc) is 3.83. The van der Waals surface area contributed by atoms with Gasteiger partial charge in [0.2, 0.25) is 0 Å². The number of aromatic nitrogens is 3. The molecule has 3 aliphatic carbocycles. The van der Waals surface area contributed by atoms with Crippen molar-refractivity contribution < 1.29 is 4.42 Å². The van der Waals surface area contributed by atoms with Gasteiger partial charge in [-0.25, -0.2) is 15.0 Å². The second-order valence-corrected chi connectivity index (χ2v) is 15.9. The lowest BCUT2D eigenvalue weighted by Gasteiger charge is -2.29. The number of hydrogen-bond donors (Lipinski definition) is 0. The third kappa shape index (κ3) is 5.21. The van der Waals surface area contributed by atoms with Crippen LogP contribution in [0.1, 0.15) is 77.4 Å². The van der Waals surface area contributed by atoms with Gasteiger partial charge in [0.05, 0.1) is 0 Å². The van der Waals surface area contributed by atoms with E-state index in [9.17, 15) is 0 Å². The summed E-state index contributed by atoms with van der Waals surface area (Å²) in [6.45, 7) is 0. The van der Waals surface area contributed by atoms with Gasteiger partial charge in [-0.15, -0.1) is 11.3 Å². The van der Waals surface area contributed by atoms with Crippen molar-refractivity contribution in [2.45, 2.75) is 50.4 Å². The Balaban J connectivity index is 1.09. The van der Waals surface area contributed by atoms with E-state index >= 15 is 0 Å². The van der Waals surface area contributed by atoms with Crippen LogP contribution in [-0.4, -0.2) is 15.0 Å². The minimum Gasteiger partial charge on any atom is -0.455 e. The smallest absolute Gasteiger partial charge is 0.164 e. The highest BCUT2D eigenvalue weighted by Gasteiger charge is 2.32. The monoisotopic (exact) mass is 715 g/mol. The van der Waals surface area contributed by atoms with Crippen LogP contribution in [0, 0.1) is 0 Å². The number of para-hydroxylation sites is 1. The third-order valence-electron chi connectivity index (χ3n) is 11.6. The second-order valence-electron chi connectivity index (χ2n) is 14.8. The topological polar surface area (TPSA) is 51.8 Å². The van der Waals surface area contributed by atoms with Crippen LogP contribution in [0.15, 0.2) is 144 Å². The van der Waals surface area contributed by atoms with E-state index in [0.717, 1.165) is 89.3 Å². The Hall–Kier alpha value is -5.91. The molecule has 0 N–H and O–H groups in total. The summed E-state index contributed by atoms with van der Waals surface area (Å²) in [6.07, 6.45) is 19.6. The predicted molar refractivity (Wildman–Crippen MR) is 224 cm³/mol.